The third kappa shape index (κ3) is 7.52. The van der Waals surface area contributed by atoms with E-state index >= 15 is 0 Å². The molecule has 4 amide bonds. The van der Waals surface area contributed by atoms with Crippen LogP contribution in [0.1, 0.15) is 26.4 Å². The number of methoxy groups -OCH3 is 1. The van der Waals surface area contributed by atoms with Crippen LogP contribution in [0.5, 0.6) is 5.75 Å². The highest BCUT2D eigenvalue weighted by molar-refractivity contribution is 7.15. The molecular formula is C25H30N6O4S. The number of ether oxygens (including phenoxy) is 1. The van der Waals surface area contributed by atoms with Crippen molar-refractivity contribution in [3.8, 4) is 5.75 Å². The maximum atomic E-state index is 13.3. The molecule has 0 radical (unpaired) electrons. The van der Waals surface area contributed by atoms with Crippen molar-refractivity contribution in [3.63, 3.8) is 0 Å². The number of rotatable bonds is 10. The summed E-state index contributed by atoms with van der Waals surface area (Å²) in [6.45, 7) is 3.43. The van der Waals surface area contributed by atoms with Crippen molar-refractivity contribution in [2.75, 3.05) is 44.9 Å². The first-order valence-electron chi connectivity index (χ1n) is 11.2. The molecule has 0 fully saturated rings. The van der Waals surface area contributed by atoms with E-state index in [1.165, 1.54) is 18.4 Å². The highest BCUT2D eigenvalue weighted by atomic mass is 32.1. The minimum absolute atomic E-state index is 0.266. The van der Waals surface area contributed by atoms with Crippen LogP contribution in [0, 0.1) is 6.92 Å². The van der Waals surface area contributed by atoms with Gasteiger partial charge in [-0.25, -0.2) is 14.6 Å². The number of likely N-dealkylation sites (N-methyl/N-ethyl adjacent to an activating group) is 1. The molecule has 0 unspecified atom stereocenters. The first kappa shape index (κ1) is 26.6. The van der Waals surface area contributed by atoms with Crippen LogP contribution >= 0.6 is 11.3 Å². The molecular weight excluding hydrogens is 480 g/mol. The SMILES string of the molecule is COc1ccccc1C(=O)c1cc(C)ccc1NC(=O)Nc1ncc(CNC(=O)NCCN(C)C)s1. The fourth-order valence-corrected chi connectivity index (χ4v) is 4.00. The van der Waals surface area contributed by atoms with Gasteiger partial charge in [0.25, 0.3) is 0 Å². The smallest absolute Gasteiger partial charge is 0.325 e. The highest BCUT2D eigenvalue weighted by Gasteiger charge is 2.19. The Bertz CT molecular complexity index is 1230. The van der Waals surface area contributed by atoms with Crippen molar-refractivity contribution in [1.82, 2.24) is 20.5 Å². The van der Waals surface area contributed by atoms with Crippen molar-refractivity contribution < 1.29 is 19.1 Å². The van der Waals surface area contributed by atoms with Crippen molar-refractivity contribution in [2.24, 2.45) is 0 Å². The van der Waals surface area contributed by atoms with Crippen LogP contribution in [0.3, 0.4) is 0 Å². The van der Waals surface area contributed by atoms with Crippen LogP contribution in [0.2, 0.25) is 0 Å². The van der Waals surface area contributed by atoms with Gasteiger partial charge in [0, 0.05) is 29.7 Å². The Morgan fingerprint density at radius 3 is 2.53 bits per heavy atom. The second-order valence-electron chi connectivity index (χ2n) is 8.20. The number of aryl methyl sites for hydroxylation is 1. The molecule has 3 rings (SSSR count). The van der Waals surface area contributed by atoms with E-state index in [4.69, 9.17) is 4.74 Å². The summed E-state index contributed by atoms with van der Waals surface area (Å²) in [6.07, 6.45) is 1.59. The molecule has 2 aromatic carbocycles. The lowest BCUT2D eigenvalue weighted by Gasteiger charge is -2.13. The molecule has 10 nitrogen and oxygen atoms in total. The molecule has 0 bridgehead atoms. The third-order valence-electron chi connectivity index (χ3n) is 5.06. The van der Waals surface area contributed by atoms with E-state index < -0.39 is 6.03 Å². The second-order valence-corrected chi connectivity index (χ2v) is 9.32. The molecule has 0 aliphatic carbocycles. The number of nitrogens with zero attached hydrogens (tertiary/aromatic N) is 2. The largest absolute Gasteiger partial charge is 0.496 e. The molecule has 1 heterocycles. The summed E-state index contributed by atoms with van der Waals surface area (Å²) in [5, 5.41) is 11.3. The van der Waals surface area contributed by atoms with Gasteiger partial charge in [0.1, 0.15) is 5.75 Å². The summed E-state index contributed by atoms with van der Waals surface area (Å²) >= 11 is 1.24. The fraction of sp³-hybridized carbons (Fsp3) is 0.280. The number of para-hydroxylation sites is 1. The Kier molecular flexibility index (Phi) is 9.37. The number of hydrogen-bond donors (Lipinski definition) is 4. The van der Waals surface area contributed by atoms with E-state index in [0.29, 0.717) is 34.2 Å². The van der Waals surface area contributed by atoms with Gasteiger partial charge in [0.2, 0.25) is 0 Å². The first-order valence-corrected chi connectivity index (χ1v) is 12.1. The van der Waals surface area contributed by atoms with Gasteiger partial charge in [0.15, 0.2) is 10.9 Å². The van der Waals surface area contributed by atoms with Gasteiger partial charge in [-0.2, -0.15) is 0 Å². The number of anilines is 2. The van der Waals surface area contributed by atoms with Gasteiger partial charge >= 0.3 is 12.1 Å². The van der Waals surface area contributed by atoms with Gasteiger partial charge in [-0.1, -0.05) is 35.1 Å². The molecule has 0 saturated carbocycles. The predicted octanol–water partition coefficient (Wildman–Crippen LogP) is 3.70. The summed E-state index contributed by atoms with van der Waals surface area (Å²) in [5.41, 5.74) is 1.99. The summed E-state index contributed by atoms with van der Waals surface area (Å²) in [6, 6.07) is 11.3. The zero-order chi connectivity index (χ0) is 26.1. The molecule has 0 atom stereocenters. The molecule has 11 heteroatoms. The standard InChI is InChI=1S/C25H30N6O4S/c1-16-9-10-20(19(13-16)22(32)18-7-5-6-8-21(18)35-4)29-24(34)30-25-28-15-17(36-25)14-27-23(33)26-11-12-31(2)3/h5-10,13,15H,11-12,14H2,1-4H3,(H2,26,27,33)(H2,28,29,30,34). The minimum Gasteiger partial charge on any atom is -0.496 e. The fourth-order valence-electron chi connectivity index (χ4n) is 3.25. The number of amides is 4. The zero-order valence-corrected chi connectivity index (χ0v) is 21.5. The van der Waals surface area contributed by atoms with Gasteiger partial charge in [-0.15, -0.1) is 0 Å². The lowest BCUT2D eigenvalue weighted by molar-refractivity contribution is 0.103. The summed E-state index contributed by atoms with van der Waals surface area (Å²) < 4.78 is 5.32. The minimum atomic E-state index is -0.539. The van der Waals surface area contributed by atoms with E-state index in [0.717, 1.165) is 17.0 Å². The molecule has 0 aliphatic heterocycles. The van der Waals surface area contributed by atoms with E-state index in [1.807, 2.05) is 32.0 Å². The number of carbonyl (C=O) groups is 3. The van der Waals surface area contributed by atoms with Crippen LogP contribution in [-0.2, 0) is 6.54 Å². The molecule has 0 aliphatic rings. The number of aromatic nitrogens is 1. The number of nitrogens with one attached hydrogen (secondary N) is 4. The monoisotopic (exact) mass is 510 g/mol. The first-order chi connectivity index (χ1) is 17.3. The van der Waals surface area contributed by atoms with Crippen LogP contribution in [0.4, 0.5) is 20.4 Å². The average Bonchev–Trinajstić information content (AvgIpc) is 3.30. The molecule has 3 aromatic rings. The maximum Gasteiger partial charge on any atom is 0.325 e. The number of carbonyl (C=O) groups excluding carboxylic acids is 3. The molecule has 4 N–H and O–H groups in total. The molecule has 0 spiro atoms. The van der Waals surface area contributed by atoms with Crippen molar-refractivity contribution in [2.45, 2.75) is 13.5 Å². The third-order valence-corrected chi connectivity index (χ3v) is 5.97. The number of thiazole rings is 1. The Morgan fingerprint density at radius 1 is 1.00 bits per heavy atom. The number of benzene rings is 2. The van der Waals surface area contributed by atoms with Crippen molar-refractivity contribution in [3.05, 3.63) is 70.2 Å². The predicted molar refractivity (Wildman–Crippen MR) is 141 cm³/mol. The van der Waals surface area contributed by atoms with Gasteiger partial charge in [-0.05, 0) is 45.3 Å². The van der Waals surface area contributed by atoms with Gasteiger partial charge in [0.05, 0.1) is 24.9 Å². The Balaban J connectivity index is 1.62. The molecule has 1 aromatic heterocycles. The van der Waals surface area contributed by atoms with E-state index in [2.05, 4.69) is 26.3 Å². The van der Waals surface area contributed by atoms with E-state index in [9.17, 15) is 14.4 Å². The zero-order valence-electron chi connectivity index (χ0n) is 20.7. The molecule has 0 saturated heterocycles. The van der Waals surface area contributed by atoms with Crippen LogP contribution in [0.15, 0.2) is 48.7 Å². The quantitative estimate of drug-likeness (QED) is 0.308. The maximum absolute atomic E-state index is 13.3. The average molecular weight is 511 g/mol. The normalized spacial score (nSPS) is 10.6. The number of hydrogen-bond acceptors (Lipinski definition) is 7. The van der Waals surface area contributed by atoms with Crippen LogP contribution in [-0.4, -0.2) is 62.0 Å². The summed E-state index contributed by atoms with van der Waals surface area (Å²) in [7, 11) is 5.36. The molecule has 190 valence electrons. The second kappa shape index (κ2) is 12.7. The Hall–Kier alpha value is -3.96. The Morgan fingerprint density at radius 2 is 1.78 bits per heavy atom. The van der Waals surface area contributed by atoms with E-state index in [-0.39, 0.29) is 18.4 Å². The van der Waals surface area contributed by atoms with Crippen LogP contribution < -0.4 is 26.0 Å². The highest BCUT2D eigenvalue weighted by Crippen LogP contribution is 2.26. The van der Waals surface area contributed by atoms with Gasteiger partial charge in [-0.3, -0.25) is 10.1 Å². The van der Waals surface area contributed by atoms with Crippen LogP contribution in [0.25, 0.3) is 0 Å². The van der Waals surface area contributed by atoms with Gasteiger partial charge < -0.3 is 25.6 Å². The van der Waals surface area contributed by atoms with E-state index in [1.54, 1.807) is 42.6 Å². The number of urea groups is 2. The molecule has 36 heavy (non-hydrogen) atoms. The Labute approximate surface area is 214 Å². The van der Waals surface area contributed by atoms with Crippen molar-refractivity contribution in [1.29, 1.82) is 0 Å². The lowest BCUT2D eigenvalue weighted by Crippen LogP contribution is -2.38. The summed E-state index contributed by atoms with van der Waals surface area (Å²) in [5.74, 6) is 0.188. The summed E-state index contributed by atoms with van der Waals surface area (Å²) in [4.78, 5) is 44.7. The topological polar surface area (TPSA) is 125 Å². The lowest BCUT2D eigenvalue weighted by atomic mass is 9.99. The van der Waals surface area contributed by atoms with Crippen molar-refractivity contribution >= 4 is 40.0 Å². The number of ketones is 1.